The summed E-state index contributed by atoms with van der Waals surface area (Å²) in [5.41, 5.74) is 2.99. The monoisotopic (exact) mass is 308 g/mol. The fourth-order valence-corrected chi connectivity index (χ4v) is 2.51. The summed E-state index contributed by atoms with van der Waals surface area (Å²) < 4.78 is 0. The van der Waals surface area contributed by atoms with Crippen molar-refractivity contribution in [3.05, 3.63) is 60.2 Å². The quantitative estimate of drug-likeness (QED) is 0.763. The Morgan fingerprint density at radius 3 is 2.17 bits per heavy atom. The van der Waals surface area contributed by atoms with Crippen molar-refractivity contribution in [2.75, 3.05) is 0 Å². The summed E-state index contributed by atoms with van der Waals surface area (Å²) in [7, 11) is 0. The third kappa shape index (κ3) is 4.70. The summed E-state index contributed by atoms with van der Waals surface area (Å²) in [6, 6.07) is 17.7. The van der Waals surface area contributed by atoms with Gasteiger partial charge in [-0.3, -0.25) is 4.79 Å². The van der Waals surface area contributed by atoms with Crippen LogP contribution in [0.2, 0.25) is 0 Å². The SMILES string of the molecule is C#CCC(CCC(O)c1ccc(-c2ccccc2)cc1)C(=O)O. The summed E-state index contributed by atoms with van der Waals surface area (Å²) >= 11 is 0. The molecule has 0 heterocycles. The molecule has 0 aromatic heterocycles. The van der Waals surface area contributed by atoms with E-state index in [0.717, 1.165) is 16.7 Å². The molecule has 0 amide bonds. The molecule has 2 rings (SSSR count). The molecule has 0 saturated heterocycles. The van der Waals surface area contributed by atoms with Crippen LogP contribution in [0, 0.1) is 18.3 Å². The fraction of sp³-hybridized carbons (Fsp3) is 0.250. The number of aliphatic carboxylic acids is 1. The largest absolute Gasteiger partial charge is 0.481 e. The first-order chi connectivity index (χ1) is 11.1. The minimum atomic E-state index is -0.908. The molecule has 2 aromatic carbocycles. The highest BCUT2D eigenvalue weighted by Crippen LogP contribution is 2.25. The van der Waals surface area contributed by atoms with E-state index >= 15 is 0 Å². The Balaban J connectivity index is 1.99. The smallest absolute Gasteiger partial charge is 0.307 e. The number of aliphatic hydroxyl groups excluding tert-OH is 1. The van der Waals surface area contributed by atoms with Gasteiger partial charge in [0.2, 0.25) is 0 Å². The lowest BCUT2D eigenvalue weighted by atomic mass is 9.94. The molecule has 0 aliphatic rings. The lowest BCUT2D eigenvalue weighted by Crippen LogP contribution is -2.14. The van der Waals surface area contributed by atoms with E-state index in [4.69, 9.17) is 11.5 Å². The summed E-state index contributed by atoms with van der Waals surface area (Å²) in [4.78, 5) is 11.1. The number of rotatable bonds is 7. The van der Waals surface area contributed by atoms with Gasteiger partial charge in [-0.25, -0.2) is 0 Å². The van der Waals surface area contributed by atoms with Gasteiger partial charge in [0, 0.05) is 6.42 Å². The first-order valence-corrected chi connectivity index (χ1v) is 7.61. The van der Waals surface area contributed by atoms with E-state index in [9.17, 15) is 9.90 Å². The van der Waals surface area contributed by atoms with Gasteiger partial charge >= 0.3 is 5.97 Å². The van der Waals surface area contributed by atoms with Crippen molar-refractivity contribution in [3.63, 3.8) is 0 Å². The predicted molar refractivity (Wildman–Crippen MR) is 90.6 cm³/mol. The van der Waals surface area contributed by atoms with Crippen LogP contribution in [0.25, 0.3) is 11.1 Å². The molecule has 0 bridgehead atoms. The van der Waals surface area contributed by atoms with Gasteiger partial charge in [0.05, 0.1) is 12.0 Å². The molecule has 3 heteroatoms. The first kappa shape index (κ1) is 16.8. The minimum Gasteiger partial charge on any atom is -0.481 e. The molecule has 2 aromatic rings. The zero-order chi connectivity index (χ0) is 16.7. The van der Waals surface area contributed by atoms with Crippen molar-refractivity contribution in [2.24, 2.45) is 5.92 Å². The molecule has 0 fully saturated rings. The van der Waals surface area contributed by atoms with Crippen molar-refractivity contribution in [2.45, 2.75) is 25.4 Å². The molecule has 0 aliphatic heterocycles. The van der Waals surface area contributed by atoms with Gasteiger partial charge in [-0.2, -0.15) is 0 Å². The maximum absolute atomic E-state index is 11.1. The number of carboxylic acids is 1. The van der Waals surface area contributed by atoms with Crippen molar-refractivity contribution in [1.82, 2.24) is 0 Å². The third-order valence-electron chi connectivity index (χ3n) is 3.90. The molecule has 2 atom stereocenters. The van der Waals surface area contributed by atoms with Crippen LogP contribution in [0.3, 0.4) is 0 Å². The highest BCUT2D eigenvalue weighted by atomic mass is 16.4. The first-order valence-electron chi connectivity index (χ1n) is 7.61. The topological polar surface area (TPSA) is 57.5 Å². The van der Waals surface area contributed by atoms with Gasteiger partial charge in [-0.1, -0.05) is 54.6 Å². The standard InChI is InChI=1S/C20H20O3/c1-2-6-18(20(22)23)13-14-19(21)17-11-9-16(10-12-17)15-7-4-3-5-8-15/h1,3-5,7-12,18-19,21H,6,13-14H2,(H,22,23). The van der Waals surface area contributed by atoms with Gasteiger partial charge in [0.1, 0.15) is 0 Å². The molecular weight excluding hydrogens is 288 g/mol. The number of hydrogen-bond donors (Lipinski definition) is 2. The molecule has 3 nitrogen and oxygen atoms in total. The second kappa shape index (κ2) is 8.17. The van der Waals surface area contributed by atoms with Crippen molar-refractivity contribution in [1.29, 1.82) is 0 Å². The lowest BCUT2D eigenvalue weighted by molar-refractivity contribution is -0.141. The summed E-state index contributed by atoms with van der Waals surface area (Å²) in [6.45, 7) is 0. The fourth-order valence-electron chi connectivity index (χ4n) is 2.51. The van der Waals surface area contributed by atoms with E-state index in [1.165, 1.54) is 0 Å². The van der Waals surface area contributed by atoms with Crippen LogP contribution in [0.4, 0.5) is 0 Å². The zero-order valence-electron chi connectivity index (χ0n) is 12.9. The molecule has 118 valence electrons. The number of terminal acetylenes is 1. The van der Waals surface area contributed by atoms with Crippen molar-refractivity contribution < 1.29 is 15.0 Å². The lowest BCUT2D eigenvalue weighted by Gasteiger charge is -2.14. The average Bonchev–Trinajstić information content (AvgIpc) is 2.59. The molecular formula is C20H20O3. The van der Waals surface area contributed by atoms with E-state index in [1.807, 2.05) is 54.6 Å². The number of hydrogen-bond acceptors (Lipinski definition) is 2. The molecule has 2 unspecified atom stereocenters. The van der Waals surface area contributed by atoms with E-state index in [-0.39, 0.29) is 6.42 Å². The maximum Gasteiger partial charge on any atom is 0.307 e. The number of carboxylic acid groups (broad SMARTS) is 1. The van der Waals surface area contributed by atoms with E-state index < -0.39 is 18.0 Å². The maximum atomic E-state index is 11.1. The molecule has 23 heavy (non-hydrogen) atoms. The third-order valence-corrected chi connectivity index (χ3v) is 3.90. The highest BCUT2D eigenvalue weighted by Gasteiger charge is 2.18. The van der Waals surface area contributed by atoms with Crippen LogP contribution in [0.15, 0.2) is 54.6 Å². The average molecular weight is 308 g/mol. The van der Waals surface area contributed by atoms with Gasteiger partial charge in [0.25, 0.3) is 0 Å². The molecule has 0 spiro atoms. The summed E-state index contributed by atoms with van der Waals surface area (Å²) in [5.74, 6) is 0.869. The van der Waals surface area contributed by atoms with Crippen LogP contribution < -0.4 is 0 Å². The number of benzene rings is 2. The van der Waals surface area contributed by atoms with Gasteiger partial charge in [-0.15, -0.1) is 12.3 Å². The van der Waals surface area contributed by atoms with E-state index in [2.05, 4.69) is 5.92 Å². The second-order valence-electron chi connectivity index (χ2n) is 5.52. The molecule has 0 saturated carbocycles. The van der Waals surface area contributed by atoms with Crippen LogP contribution >= 0.6 is 0 Å². The van der Waals surface area contributed by atoms with Gasteiger partial charge < -0.3 is 10.2 Å². The Bertz CT molecular complexity index is 668. The second-order valence-corrected chi connectivity index (χ2v) is 5.52. The van der Waals surface area contributed by atoms with Crippen LogP contribution in [-0.4, -0.2) is 16.2 Å². The normalized spacial score (nSPS) is 13.0. The molecule has 2 N–H and O–H groups in total. The van der Waals surface area contributed by atoms with E-state index in [1.54, 1.807) is 0 Å². The van der Waals surface area contributed by atoms with Crippen molar-refractivity contribution >= 4 is 5.97 Å². The highest BCUT2D eigenvalue weighted by molar-refractivity contribution is 5.70. The van der Waals surface area contributed by atoms with Crippen LogP contribution in [0.1, 0.15) is 30.9 Å². The molecule has 0 radical (unpaired) electrons. The van der Waals surface area contributed by atoms with Gasteiger partial charge in [0.15, 0.2) is 0 Å². The Kier molecular flexibility index (Phi) is 5.96. The summed E-state index contributed by atoms with van der Waals surface area (Å²) in [5, 5.41) is 19.3. The van der Waals surface area contributed by atoms with Crippen molar-refractivity contribution in [3.8, 4) is 23.5 Å². The number of aliphatic hydroxyl groups is 1. The molecule has 0 aliphatic carbocycles. The Labute approximate surface area is 136 Å². The zero-order valence-corrected chi connectivity index (χ0v) is 12.9. The van der Waals surface area contributed by atoms with E-state index in [0.29, 0.717) is 12.8 Å². The van der Waals surface area contributed by atoms with Gasteiger partial charge in [-0.05, 0) is 29.5 Å². The Morgan fingerprint density at radius 2 is 1.61 bits per heavy atom. The summed E-state index contributed by atoms with van der Waals surface area (Å²) in [6.07, 6.45) is 5.43. The van der Waals surface area contributed by atoms with Crippen LogP contribution in [0.5, 0.6) is 0 Å². The number of carbonyl (C=O) groups is 1. The minimum absolute atomic E-state index is 0.189. The Morgan fingerprint density at radius 1 is 1.00 bits per heavy atom. The van der Waals surface area contributed by atoms with Crippen LogP contribution in [-0.2, 0) is 4.79 Å². The predicted octanol–water partition coefficient (Wildman–Crippen LogP) is 3.89. The Hall–Kier alpha value is -2.57.